The number of pyridine rings is 1. The number of rotatable bonds is 6. The van der Waals surface area contributed by atoms with Gasteiger partial charge in [0.2, 0.25) is 5.91 Å². The van der Waals surface area contributed by atoms with E-state index in [4.69, 9.17) is 0 Å². The number of carbonyl (C=O) groups is 2. The van der Waals surface area contributed by atoms with Crippen LogP contribution in [0.25, 0.3) is 27.7 Å². The Morgan fingerprint density at radius 1 is 1.00 bits per heavy atom. The lowest BCUT2D eigenvalue weighted by atomic mass is 9.82. The smallest absolute Gasteiger partial charge is 0.341 e. The molecule has 0 bridgehead atoms. The monoisotopic (exact) mass is 496 g/mol. The topological polar surface area (TPSA) is 88.3 Å². The fourth-order valence-electron chi connectivity index (χ4n) is 5.17. The van der Waals surface area contributed by atoms with Crippen molar-refractivity contribution in [1.29, 1.82) is 0 Å². The number of nitrogens with zero attached hydrogens (tertiary/aromatic N) is 4. The molecule has 2 aromatic carbocycles. The number of aromatic carboxylic acids is 1. The lowest BCUT2D eigenvalue weighted by molar-refractivity contribution is -0.124. The first-order valence-corrected chi connectivity index (χ1v) is 12.9. The lowest BCUT2D eigenvalue weighted by Crippen LogP contribution is -2.43. The molecule has 1 aliphatic carbocycles. The number of anilines is 1. The molecule has 7 heteroatoms. The first-order chi connectivity index (χ1) is 17.8. The number of amides is 1. The normalized spacial score (nSPS) is 17.7. The van der Waals surface area contributed by atoms with Crippen LogP contribution in [0.4, 0.5) is 5.82 Å². The Morgan fingerprint density at radius 3 is 2.38 bits per heavy atom. The lowest BCUT2D eigenvalue weighted by Gasteiger charge is -2.32. The summed E-state index contributed by atoms with van der Waals surface area (Å²) in [7, 11) is 0. The van der Waals surface area contributed by atoms with E-state index in [-0.39, 0.29) is 29.2 Å². The quantitative estimate of drug-likeness (QED) is 0.336. The zero-order valence-corrected chi connectivity index (χ0v) is 21.5. The maximum Gasteiger partial charge on any atom is 0.341 e. The standard InChI is InChI=1S/C30H32N4O3/c1-19(2)34(29(35)22-10-8-20(3)9-11-22)28-26(30(36)37)18-33(32-28)25-14-12-21(13-15-25)24-16-23-6-4-5-7-27(23)31-17-24/h4-7,12-20,22H,8-11H2,1-3H3,(H,36,37). The van der Waals surface area contributed by atoms with Gasteiger partial charge in [0.1, 0.15) is 5.56 Å². The Bertz CT molecular complexity index is 1430. The van der Waals surface area contributed by atoms with E-state index >= 15 is 0 Å². The number of hydrogen-bond acceptors (Lipinski definition) is 4. The van der Waals surface area contributed by atoms with Gasteiger partial charge in [-0.25, -0.2) is 9.48 Å². The maximum absolute atomic E-state index is 13.5. The van der Waals surface area contributed by atoms with Crippen molar-refractivity contribution in [2.24, 2.45) is 11.8 Å². The molecule has 1 aliphatic rings. The highest BCUT2D eigenvalue weighted by atomic mass is 16.4. The second-order valence-electron chi connectivity index (χ2n) is 10.3. The number of carboxylic acid groups (broad SMARTS) is 1. The van der Waals surface area contributed by atoms with E-state index in [1.54, 1.807) is 9.58 Å². The van der Waals surface area contributed by atoms with Gasteiger partial charge in [-0.2, -0.15) is 0 Å². The van der Waals surface area contributed by atoms with Crippen molar-refractivity contribution >= 4 is 28.6 Å². The van der Waals surface area contributed by atoms with E-state index in [0.29, 0.717) is 11.6 Å². The van der Waals surface area contributed by atoms with Gasteiger partial charge in [0.25, 0.3) is 0 Å². The molecule has 1 fully saturated rings. The summed E-state index contributed by atoms with van der Waals surface area (Å²) >= 11 is 0. The Kier molecular flexibility index (Phi) is 6.78. The van der Waals surface area contributed by atoms with E-state index < -0.39 is 5.97 Å². The van der Waals surface area contributed by atoms with Crippen molar-refractivity contribution in [3.63, 3.8) is 0 Å². The minimum atomic E-state index is -1.10. The molecule has 7 nitrogen and oxygen atoms in total. The first-order valence-electron chi connectivity index (χ1n) is 12.9. The minimum absolute atomic E-state index is 0.0223. The minimum Gasteiger partial charge on any atom is -0.477 e. The van der Waals surface area contributed by atoms with Crippen molar-refractivity contribution in [3.05, 3.63) is 72.6 Å². The number of aromatic nitrogens is 3. The zero-order valence-electron chi connectivity index (χ0n) is 21.5. The van der Waals surface area contributed by atoms with Gasteiger partial charge in [0, 0.05) is 35.3 Å². The third-order valence-corrected chi connectivity index (χ3v) is 7.33. The van der Waals surface area contributed by atoms with Gasteiger partial charge in [0.15, 0.2) is 5.82 Å². The summed E-state index contributed by atoms with van der Waals surface area (Å²) in [6.07, 6.45) is 7.04. The Hall–Kier alpha value is -4.00. The second kappa shape index (κ2) is 10.2. The molecule has 37 heavy (non-hydrogen) atoms. The van der Waals surface area contributed by atoms with Crippen LogP contribution >= 0.6 is 0 Å². The predicted octanol–water partition coefficient (Wildman–Crippen LogP) is 6.35. The Morgan fingerprint density at radius 2 is 1.70 bits per heavy atom. The van der Waals surface area contributed by atoms with Crippen LogP contribution in [0.15, 0.2) is 67.0 Å². The van der Waals surface area contributed by atoms with Crippen molar-refractivity contribution < 1.29 is 14.7 Å². The molecule has 0 spiro atoms. The van der Waals surface area contributed by atoms with Crippen LogP contribution in [0, 0.1) is 11.8 Å². The summed E-state index contributed by atoms with van der Waals surface area (Å²) in [6, 6.07) is 17.6. The Labute approximate surface area is 216 Å². The molecule has 190 valence electrons. The summed E-state index contributed by atoms with van der Waals surface area (Å²) in [6.45, 7) is 6.02. The van der Waals surface area contributed by atoms with Gasteiger partial charge >= 0.3 is 5.97 Å². The number of carbonyl (C=O) groups excluding carboxylic acids is 1. The molecule has 0 saturated heterocycles. The molecule has 1 N–H and O–H groups in total. The highest BCUT2D eigenvalue weighted by Crippen LogP contribution is 2.33. The van der Waals surface area contributed by atoms with Crippen molar-refractivity contribution in [2.75, 3.05) is 4.90 Å². The zero-order chi connectivity index (χ0) is 26.1. The molecule has 0 radical (unpaired) electrons. The Balaban J connectivity index is 1.46. The van der Waals surface area contributed by atoms with Crippen LogP contribution < -0.4 is 4.90 Å². The molecule has 0 atom stereocenters. The average Bonchev–Trinajstić information content (AvgIpc) is 3.34. The first kappa shape index (κ1) is 24.7. The molecule has 2 heterocycles. The van der Waals surface area contributed by atoms with Gasteiger partial charge in [-0.3, -0.25) is 14.7 Å². The van der Waals surface area contributed by atoms with Crippen LogP contribution in [-0.4, -0.2) is 37.8 Å². The van der Waals surface area contributed by atoms with Crippen molar-refractivity contribution in [3.8, 4) is 16.8 Å². The average molecular weight is 497 g/mol. The summed E-state index contributed by atoms with van der Waals surface area (Å²) in [5.41, 5.74) is 3.68. The van der Waals surface area contributed by atoms with Gasteiger partial charge < -0.3 is 5.11 Å². The summed E-state index contributed by atoms with van der Waals surface area (Å²) in [4.78, 5) is 31.8. The van der Waals surface area contributed by atoms with E-state index in [2.05, 4.69) is 23.1 Å². The fraction of sp³-hybridized carbons (Fsp3) is 0.333. The third kappa shape index (κ3) is 4.99. The molecular formula is C30H32N4O3. The highest BCUT2D eigenvalue weighted by Gasteiger charge is 2.34. The molecule has 0 unspecified atom stereocenters. The van der Waals surface area contributed by atoms with Crippen LogP contribution in [0.2, 0.25) is 0 Å². The summed E-state index contributed by atoms with van der Waals surface area (Å²) < 4.78 is 1.55. The van der Waals surface area contributed by atoms with E-state index in [1.807, 2.05) is 68.6 Å². The number of fused-ring (bicyclic) bond motifs is 1. The molecule has 0 aliphatic heterocycles. The number of benzene rings is 2. The number of para-hydroxylation sites is 1. The number of hydrogen-bond donors (Lipinski definition) is 1. The molecule has 5 rings (SSSR count). The van der Waals surface area contributed by atoms with Crippen molar-refractivity contribution in [1.82, 2.24) is 14.8 Å². The maximum atomic E-state index is 13.5. The molecule has 1 saturated carbocycles. The van der Waals surface area contributed by atoms with Crippen LogP contribution in [0.5, 0.6) is 0 Å². The SMILES string of the molecule is CC1CCC(C(=O)N(c2nn(-c3ccc(-c4cnc5ccccc5c4)cc3)cc2C(=O)O)C(C)C)CC1. The van der Waals surface area contributed by atoms with Crippen LogP contribution in [-0.2, 0) is 4.79 Å². The molecule has 1 amide bonds. The van der Waals surface area contributed by atoms with E-state index in [1.165, 1.54) is 6.20 Å². The fourth-order valence-corrected chi connectivity index (χ4v) is 5.17. The summed E-state index contributed by atoms with van der Waals surface area (Å²) in [5.74, 6) is -0.405. The summed E-state index contributed by atoms with van der Waals surface area (Å²) in [5, 5.41) is 15.7. The van der Waals surface area contributed by atoms with Gasteiger partial charge in [-0.15, -0.1) is 5.10 Å². The molecule has 4 aromatic rings. The van der Waals surface area contributed by atoms with Gasteiger partial charge in [-0.05, 0) is 75.3 Å². The second-order valence-corrected chi connectivity index (χ2v) is 10.3. The van der Waals surface area contributed by atoms with Crippen molar-refractivity contribution in [2.45, 2.75) is 52.5 Å². The van der Waals surface area contributed by atoms with E-state index in [0.717, 1.165) is 47.7 Å². The third-order valence-electron chi connectivity index (χ3n) is 7.33. The van der Waals surface area contributed by atoms with Crippen LogP contribution in [0.1, 0.15) is 56.8 Å². The highest BCUT2D eigenvalue weighted by molar-refractivity contribution is 6.01. The number of carboxylic acids is 1. The van der Waals surface area contributed by atoms with E-state index in [9.17, 15) is 14.7 Å². The predicted molar refractivity (Wildman–Crippen MR) is 145 cm³/mol. The van der Waals surface area contributed by atoms with Gasteiger partial charge in [0.05, 0.1) is 11.2 Å². The van der Waals surface area contributed by atoms with Crippen LogP contribution in [0.3, 0.4) is 0 Å². The largest absolute Gasteiger partial charge is 0.477 e. The van der Waals surface area contributed by atoms with Gasteiger partial charge in [-0.1, -0.05) is 37.3 Å². The molecular weight excluding hydrogens is 464 g/mol. The molecule has 2 aromatic heterocycles.